The van der Waals surface area contributed by atoms with Crippen LogP contribution in [0.1, 0.15) is 23.6 Å². The molecule has 0 radical (unpaired) electrons. The monoisotopic (exact) mass is 531 g/mol. The lowest BCUT2D eigenvalue weighted by Gasteiger charge is -2.31. The number of Topliss-reactive ketones (excluding diaryl/α,β-unsaturated/α-hetero) is 1. The Labute approximate surface area is 225 Å². The van der Waals surface area contributed by atoms with Gasteiger partial charge in [-0.15, -0.1) is 0 Å². The van der Waals surface area contributed by atoms with Crippen molar-refractivity contribution in [2.24, 2.45) is 0 Å². The molecule has 0 aliphatic carbocycles. The van der Waals surface area contributed by atoms with E-state index >= 15 is 0 Å². The second kappa shape index (κ2) is 12.1. The molecule has 202 valence electrons. The number of piperidine rings is 1. The molecule has 3 aliphatic rings. The van der Waals surface area contributed by atoms with E-state index in [1.165, 1.54) is 0 Å². The first-order valence-corrected chi connectivity index (χ1v) is 12.8. The van der Waals surface area contributed by atoms with Crippen LogP contribution in [-0.2, 0) is 25.7 Å². The van der Waals surface area contributed by atoms with Crippen LogP contribution < -0.4 is 15.0 Å². The van der Waals surface area contributed by atoms with Gasteiger partial charge in [0.15, 0.2) is 11.9 Å². The van der Waals surface area contributed by atoms with Crippen molar-refractivity contribution in [2.75, 3.05) is 31.2 Å². The Kier molecular flexibility index (Phi) is 8.14. The number of aliphatic hydroxyl groups is 1. The number of rotatable bonds is 6. The summed E-state index contributed by atoms with van der Waals surface area (Å²) in [5, 5.41) is 12.5. The largest absolute Gasteiger partial charge is 0.489 e. The zero-order chi connectivity index (χ0) is 27.2. The van der Waals surface area contributed by atoms with Gasteiger partial charge in [0, 0.05) is 11.8 Å². The maximum absolute atomic E-state index is 12.2. The third-order valence-corrected chi connectivity index (χ3v) is 6.95. The number of aromatic nitrogens is 1. The van der Waals surface area contributed by atoms with Gasteiger partial charge in [0.05, 0.1) is 30.5 Å². The van der Waals surface area contributed by atoms with E-state index in [2.05, 4.69) is 15.0 Å². The zero-order valence-corrected chi connectivity index (χ0v) is 21.2. The van der Waals surface area contributed by atoms with Gasteiger partial charge in [-0.1, -0.05) is 42.5 Å². The molecule has 2 saturated heterocycles. The van der Waals surface area contributed by atoms with Gasteiger partial charge in [0.1, 0.15) is 25.0 Å². The summed E-state index contributed by atoms with van der Waals surface area (Å²) < 4.78 is 15.6. The van der Waals surface area contributed by atoms with E-state index in [1.54, 1.807) is 11.1 Å². The molecule has 3 atom stereocenters. The lowest BCUT2D eigenvalue weighted by Crippen LogP contribution is -2.45. The lowest BCUT2D eigenvalue weighted by molar-refractivity contribution is -0.129. The Bertz CT molecular complexity index is 1320. The molecule has 1 amide bonds. The molecule has 2 N–H and O–H groups in total. The smallest absolute Gasteiger partial charge is 0.415 e. The summed E-state index contributed by atoms with van der Waals surface area (Å²) in [6, 6.07) is 18.7. The van der Waals surface area contributed by atoms with Gasteiger partial charge >= 0.3 is 6.09 Å². The number of hydrogen-bond acceptors (Lipinski definition) is 9. The minimum atomic E-state index is -0.579. The minimum Gasteiger partial charge on any atom is -0.489 e. The Morgan fingerprint density at radius 3 is 2.64 bits per heavy atom. The molecule has 10 heteroatoms. The summed E-state index contributed by atoms with van der Waals surface area (Å²) in [7, 11) is 0. The van der Waals surface area contributed by atoms with Crippen LogP contribution in [0, 0.1) is 0 Å². The van der Waals surface area contributed by atoms with Crippen LogP contribution in [0.2, 0.25) is 0 Å². The van der Waals surface area contributed by atoms with Crippen molar-refractivity contribution in [2.45, 2.75) is 31.1 Å². The number of carbonyl (C=O) groups excluding carboxylic acids is 3. The number of pyridine rings is 1. The first-order chi connectivity index (χ1) is 19.1. The topological polar surface area (TPSA) is 127 Å². The molecular formula is C29H29N3O7. The van der Waals surface area contributed by atoms with Crippen molar-refractivity contribution in [3.05, 3.63) is 78.1 Å². The van der Waals surface area contributed by atoms with Crippen molar-refractivity contribution in [1.82, 2.24) is 10.3 Å². The van der Waals surface area contributed by atoms with E-state index < -0.39 is 12.2 Å². The van der Waals surface area contributed by atoms with Gasteiger partial charge in [-0.3, -0.25) is 19.5 Å². The number of cyclic esters (lactones) is 1. The predicted octanol–water partition coefficient (Wildman–Crippen LogP) is 2.83. The first kappa shape index (κ1) is 26.3. The summed E-state index contributed by atoms with van der Waals surface area (Å²) in [6.07, 6.45) is 1.48. The number of nitrogens with zero attached hydrogens (tertiary/aromatic N) is 2. The number of anilines is 1. The Morgan fingerprint density at radius 1 is 1.10 bits per heavy atom. The van der Waals surface area contributed by atoms with Crippen LogP contribution in [0.3, 0.4) is 0 Å². The van der Waals surface area contributed by atoms with Gasteiger partial charge in [0.2, 0.25) is 0 Å². The Balaban J connectivity index is 0.000000261. The molecule has 0 spiro atoms. The van der Waals surface area contributed by atoms with Crippen molar-refractivity contribution < 1.29 is 33.7 Å². The van der Waals surface area contributed by atoms with E-state index in [0.717, 1.165) is 35.3 Å². The van der Waals surface area contributed by atoms with E-state index in [-0.39, 0.29) is 31.0 Å². The van der Waals surface area contributed by atoms with Gasteiger partial charge in [0.25, 0.3) is 6.47 Å². The molecule has 3 aliphatic heterocycles. The lowest BCUT2D eigenvalue weighted by atomic mass is 9.92. The number of benzene rings is 2. The van der Waals surface area contributed by atoms with Crippen LogP contribution in [0.5, 0.6) is 5.75 Å². The number of hydrogen-bond donors (Lipinski definition) is 2. The standard InChI is InChI=1S/C21H21N3O5.C8H8O2/c25-10-20-17-11-28-19-7-12(2-4-16(19)24(17)21(27)29-20)13-1-3-15(23-8-13)14-5-6-22-9-18(14)26;9-7-10-6-8-4-2-1-3-5-8/h1-4,7-8,14,17,20,22,25H,5-6,9-11H2;1-5,7H,6H2/t14?,17-,20-;/m0./s1. The highest BCUT2D eigenvalue weighted by molar-refractivity contribution is 5.94. The molecule has 39 heavy (non-hydrogen) atoms. The van der Waals surface area contributed by atoms with E-state index in [1.807, 2.05) is 60.7 Å². The van der Waals surface area contributed by atoms with Crippen LogP contribution in [0.15, 0.2) is 66.9 Å². The fourth-order valence-corrected chi connectivity index (χ4v) is 4.91. The molecular weight excluding hydrogens is 502 g/mol. The number of nitrogens with one attached hydrogen (secondary N) is 1. The van der Waals surface area contributed by atoms with Gasteiger partial charge < -0.3 is 24.6 Å². The summed E-state index contributed by atoms with van der Waals surface area (Å²) in [4.78, 5) is 40.1. The highest BCUT2D eigenvalue weighted by atomic mass is 16.6. The van der Waals surface area contributed by atoms with Gasteiger partial charge in [-0.2, -0.15) is 0 Å². The SMILES string of the molecule is O=C1CNCCC1c1ccc(-c2ccc3c(c2)OC[C@H]2[C@H](CO)OC(=O)N32)cn1.O=COCc1ccccc1. The fourth-order valence-electron chi connectivity index (χ4n) is 4.91. The molecule has 6 rings (SSSR count). The van der Waals surface area contributed by atoms with Crippen molar-refractivity contribution >= 4 is 24.0 Å². The third kappa shape index (κ3) is 5.76. The average Bonchev–Trinajstić information content (AvgIpc) is 3.33. The van der Waals surface area contributed by atoms with Crippen LogP contribution >= 0.6 is 0 Å². The molecule has 1 aromatic heterocycles. The maximum atomic E-state index is 12.2. The molecule has 2 fully saturated rings. The van der Waals surface area contributed by atoms with E-state index in [4.69, 9.17) is 9.47 Å². The molecule has 10 nitrogen and oxygen atoms in total. The van der Waals surface area contributed by atoms with Gasteiger partial charge in [-0.25, -0.2) is 4.79 Å². The van der Waals surface area contributed by atoms with Crippen molar-refractivity contribution in [1.29, 1.82) is 0 Å². The summed E-state index contributed by atoms with van der Waals surface area (Å²) in [5.41, 5.74) is 4.25. The zero-order valence-electron chi connectivity index (χ0n) is 21.2. The predicted molar refractivity (Wildman–Crippen MR) is 141 cm³/mol. The second-order valence-corrected chi connectivity index (χ2v) is 9.38. The van der Waals surface area contributed by atoms with Crippen molar-refractivity contribution in [3.63, 3.8) is 0 Å². The van der Waals surface area contributed by atoms with Crippen LogP contribution in [-0.4, -0.2) is 66.9 Å². The number of ketones is 1. The maximum Gasteiger partial charge on any atom is 0.415 e. The highest BCUT2D eigenvalue weighted by Crippen LogP contribution is 2.41. The van der Waals surface area contributed by atoms with E-state index in [9.17, 15) is 19.5 Å². The second-order valence-electron chi connectivity index (χ2n) is 9.38. The number of carbonyl (C=O) groups is 3. The number of fused-ring (bicyclic) bond motifs is 3. The quantitative estimate of drug-likeness (QED) is 0.462. The summed E-state index contributed by atoms with van der Waals surface area (Å²) >= 11 is 0. The summed E-state index contributed by atoms with van der Waals surface area (Å²) in [6.45, 7) is 2.06. The minimum absolute atomic E-state index is 0.144. The Hall–Kier alpha value is -4.28. The van der Waals surface area contributed by atoms with Crippen molar-refractivity contribution in [3.8, 4) is 16.9 Å². The molecule has 4 heterocycles. The van der Waals surface area contributed by atoms with E-state index in [0.29, 0.717) is 31.1 Å². The number of amides is 1. The molecule has 3 aromatic rings. The van der Waals surface area contributed by atoms with Crippen LogP contribution in [0.25, 0.3) is 11.1 Å². The van der Waals surface area contributed by atoms with Crippen LogP contribution in [0.4, 0.5) is 10.5 Å². The number of ether oxygens (including phenoxy) is 3. The number of aliphatic hydroxyl groups excluding tert-OH is 1. The molecule has 2 aromatic carbocycles. The summed E-state index contributed by atoms with van der Waals surface area (Å²) in [5.74, 6) is 0.619. The Morgan fingerprint density at radius 2 is 1.92 bits per heavy atom. The fraction of sp³-hybridized carbons (Fsp3) is 0.310. The first-order valence-electron chi connectivity index (χ1n) is 12.8. The molecule has 1 unspecified atom stereocenters. The third-order valence-electron chi connectivity index (χ3n) is 6.95. The molecule has 0 bridgehead atoms. The molecule has 0 saturated carbocycles. The average molecular weight is 532 g/mol. The highest BCUT2D eigenvalue weighted by Gasteiger charge is 2.46. The normalized spacial score (nSPS) is 21.5. The van der Waals surface area contributed by atoms with Gasteiger partial charge in [-0.05, 0) is 42.3 Å².